The molecule has 0 radical (unpaired) electrons. The van der Waals surface area contributed by atoms with Crippen molar-refractivity contribution in [3.05, 3.63) is 67.3 Å². The molecule has 0 amide bonds. The van der Waals surface area contributed by atoms with Crippen LogP contribution < -0.4 is 0 Å². The monoisotopic (exact) mass is 392 g/mol. The molecule has 0 spiro atoms. The summed E-state index contributed by atoms with van der Waals surface area (Å²) in [4.78, 5) is 0. The maximum Gasteiger partial charge on any atom is 0.129 e. The van der Waals surface area contributed by atoms with Gasteiger partial charge in [-0.2, -0.15) is 0 Å². The number of benzene rings is 2. The topological polar surface area (TPSA) is 20.2 Å². The fourth-order valence-electron chi connectivity index (χ4n) is 1.59. The number of rotatable bonds is 2. The van der Waals surface area contributed by atoms with E-state index in [1.165, 1.54) is 6.07 Å². The highest BCUT2D eigenvalue weighted by molar-refractivity contribution is 9.10. The molecule has 2 aromatic rings. The van der Waals surface area contributed by atoms with Gasteiger partial charge in [0.2, 0.25) is 0 Å². The van der Waals surface area contributed by atoms with Crippen molar-refractivity contribution in [2.24, 2.45) is 0 Å². The van der Waals surface area contributed by atoms with Crippen molar-refractivity contribution in [3.8, 4) is 0 Å². The number of hydrogen-bond donors (Lipinski definition) is 1. The first-order valence-electron chi connectivity index (χ1n) is 5.07. The number of hydrogen-bond acceptors (Lipinski definition) is 1. The molecule has 0 aliphatic heterocycles. The zero-order valence-electron chi connectivity index (χ0n) is 9.00. The first-order chi connectivity index (χ1) is 8.49. The standard InChI is InChI=1S/C13H8Br2ClFO/c14-8-2-4-12(17)9(6-8)13(18)7-1-3-10(15)11(16)5-7/h1-6,13,18H. The van der Waals surface area contributed by atoms with Gasteiger partial charge in [0, 0.05) is 14.5 Å². The average Bonchev–Trinajstić information content (AvgIpc) is 2.35. The fourth-order valence-corrected chi connectivity index (χ4v) is 2.40. The summed E-state index contributed by atoms with van der Waals surface area (Å²) in [6.07, 6.45) is -1.05. The Labute approximate surface area is 126 Å². The van der Waals surface area contributed by atoms with Crippen molar-refractivity contribution in [1.82, 2.24) is 0 Å². The van der Waals surface area contributed by atoms with Crippen LogP contribution in [0.5, 0.6) is 0 Å². The predicted octanol–water partition coefficient (Wildman–Crippen LogP) is 5.09. The maximum atomic E-state index is 13.7. The Morgan fingerprint density at radius 3 is 2.50 bits per heavy atom. The molecule has 1 nitrogen and oxygen atoms in total. The predicted molar refractivity (Wildman–Crippen MR) is 77.3 cm³/mol. The number of halogens is 4. The van der Waals surface area contributed by atoms with Gasteiger partial charge in [0.05, 0.1) is 5.02 Å². The van der Waals surface area contributed by atoms with Crippen molar-refractivity contribution < 1.29 is 9.50 Å². The summed E-state index contributed by atoms with van der Waals surface area (Å²) in [5.74, 6) is -0.454. The minimum Gasteiger partial charge on any atom is -0.384 e. The molecular weight excluding hydrogens is 386 g/mol. The molecule has 0 aromatic heterocycles. The van der Waals surface area contributed by atoms with E-state index in [0.717, 1.165) is 4.47 Å². The summed E-state index contributed by atoms with van der Waals surface area (Å²) >= 11 is 12.5. The van der Waals surface area contributed by atoms with Crippen LogP contribution in [0, 0.1) is 5.82 Å². The Morgan fingerprint density at radius 1 is 1.11 bits per heavy atom. The van der Waals surface area contributed by atoms with Crippen LogP contribution in [-0.4, -0.2) is 5.11 Å². The Kier molecular flexibility index (Phi) is 4.43. The second-order valence-electron chi connectivity index (χ2n) is 3.74. The van der Waals surface area contributed by atoms with Crippen molar-refractivity contribution in [2.75, 3.05) is 0 Å². The molecule has 0 saturated heterocycles. The minimum absolute atomic E-state index is 0.211. The van der Waals surface area contributed by atoms with E-state index in [2.05, 4.69) is 31.9 Å². The van der Waals surface area contributed by atoms with E-state index in [1.807, 2.05) is 0 Å². The highest BCUT2D eigenvalue weighted by Crippen LogP contribution is 2.31. The summed E-state index contributed by atoms with van der Waals surface area (Å²) < 4.78 is 15.1. The second kappa shape index (κ2) is 5.70. The van der Waals surface area contributed by atoms with Crippen LogP contribution in [0.15, 0.2) is 45.3 Å². The molecule has 1 atom stereocenters. The Bertz CT molecular complexity index is 589. The molecule has 2 aromatic carbocycles. The first kappa shape index (κ1) is 14.0. The maximum absolute atomic E-state index is 13.7. The van der Waals surface area contributed by atoms with Crippen molar-refractivity contribution in [3.63, 3.8) is 0 Å². The Balaban J connectivity index is 2.44. The second-order valence-corrected chi connectivity index (χ2v) is 5.92. The van der Waals surface area contributed by atoms with Gasteiger partial charge in [-0.15, -0.1) is 0 Å². The SMILES string of the molecule is OC(c1ccc(Br)c(Cl)c1)c1cc(Br)ccc1F. The van der Waals surface area contributed by atoms with Crippen LogP contribution in [0.1, 0.15) is 17.2 Å². The quantitative estimate of drug-likeness (QED) is 0.753. The summed E-state index contributed by atoms with van der Waals surface area (Å²) in [5.41, 5.74) is 0.753. The van der Waals surface area contributed by atoms with Gasteiger partial charge in [-0.1, -0.05) is 33.6 Å². The van der Waals surface area contributed by atoms with Gasteiger partial charge >= 0.3 is 0 Å². The molecule has 0 bridgehead atoms. The number of aliphatic hydroxyl groups is 1. The summed E-state index contributed by atoms with van der Waals surface area (Å²) in [6, 6.07) is 9.47. The van der Waals surface area contributed by atoms with Crippen LogP contribution in [0.3, 0.4) is 0 Å². The normalized spacial score (nSPS) is 12.5. The summed E-state index contributed by atoms with van der Waals surface area (Å²) in [6.45, 7) is 0. The lowest BCUT2D eigenvalue weighted by Gasteiger charge is -2.13. The zero-order valence-corrected chi connectivity index (χ0v) is 12.9. The molecule has 18 heavy (non-hydrogen) atoms. The van der Waals surface area contributed by atoms with Gasteiger partial charge in [-0.05, 0) is 51.8 Å². The van der Waals surface area contributed by atoms with Crippen LogP contribution in [0.4, 0.5) is 4.39 Å². The van der Waals surface area contributed by atoms with Gasteiger partial charge < -0.3 is 5.11 Å². The molecule has 0 aliphatic carbocycles. The third kappa shape index (κ3) is 2.94. The molecule has 5 heteroatoms. The molecule has 0 heterocycles. The molecule has 0 fully saturated rings. The molecule has 0 aliphatic rings. The molecule has 1 unspecified atom stereocenters. The van der Waals surface area contributed by atoms with Crippen LogP contribution in [-0.2, 0) is 0 Å². The van der Waals surface area contributed by atoms with Gasteiger partial charge in [-0.3, -0.25) is 0 Å². The fraction of sp³-hybridized carbons (Fsp3) is 0.0769. The lowest BCUT2D eigenvalue weighted by atomic mass is 10.0. The molecular formula is C13H8Br2ClFO. The van der Waals surface area contributed by atoms with E-state index in [4.69, 9.17) is 11.6 Å². The van der Waals surface area contributed by atoms with E-state index in [0.29, 0.717) is 15.1 Å². The smallest absolute Gasteiger partial charge is 0.129 e. The van der Waals surface area contributed by atoms with Crippen molar-refractivity contribution >= 4 is 43.5 Å². The third-order valence-corrected chi connectivity index (χ3v) is 4.24. The van der Waals surface area contributed by atoms with E-state index in [-0.39, 0.29) is 5.56 Å². The van der Waals surface area contributed by atoms with Crippen molar-refractivity contribution in [1.29, 1.82) is 0 Å². The minimum atomic E-state index is -1.05. The molecule has 1 N–H and O–H groups in total. The lowest BCUT2D eigenvalue weighted by molar-refractivity contribution is 0.215. The van der Waals surface area contributed by atoms with Crippen LogP contribution in [0.25, 0.3) is 0 Å². The van der Waals surface area contributed by atoms with Gasteiger partial charge in [0.15, 0.2) is 0 Å². The van der Waals surface area contributed by atoms with Crippen LogP contribution in [0.2, 0.25) is 5.02 Å². The van der Waals surface area contributed by atoms with Gasteiger partial charge in [-0.25, -0.2) is 4.39 Å². The van der Waals surface area contributed by atoms with E-state index in [9.17, 15) is 9.50 Å². The summed E-state index contributed by atoms with van der Waals surface area (Å²) in [7, 11) is 0. The van der Waals surface area contributed by atoms with Gasteiger partial charge in [0.1, 0.15) is 11.9 Å². The van der Waals surface area contributed by atoms with E-state index < -0.39 is 11.9 Å². The highest BCUT2D eigenvalue weighted by atomic mass is 79.9. The molecule has 94 valence electrons. The van der Waals surface area contributed by atoms with E-state index in [1.54, 1.807) is 30.3 Å². The van der Waals surface area contributed by atoms with Crippen LogP contribution >= 0.6 is 43.5 Å². The first-order valence-corrected chi connectivity index (χ1v) is 7.03. The summed E-state index contributed by atoms with van der Waals surface area (Å²) in [5, 5.41) is 10.7. The largest absolute Gasteiger partial charge is 0.384 e. The third-order valence-electron chi connectivity index (χ3n) is 2.51. The Morgan fingerprint density at radius 2 is 1.83 bits per heavy atom. The zero-order chi connectivity index (χ0) is 13.3. The highest BCUT2D eigenvalue weighted by Gasteiger charge is 2.16. The molecule has 2 rings (SSSR count). The molecule has 0 saturated carbocycles. The average molecular weight is 394 g/mol. The van der Waals surface area contributed by atoms with Gasteiger partial charge in [0.25, 0.3) is 0 Å². The lowest BCUT2D eigenvalue weighted by Crippen LogP contribution is -2.02. The van der Waals surface area contributed by atoms with Crippen molar-refractivity contribution in [2.45, 2.75) is 6.10 Å². The van der Waals surface area contributed by atoms with E-state index >= 15 is 0 Å². The number of aliphatic hydroxyl groups excluding tert-OH is 1. The Hall–Kier alpha value is -0.420.